The van der Waals surface area contributed by atoms with Crippen LogP contribution in [0.2, 0.25) is 0 Å². The zero-order valence-corrected chi connectivity index (χ0v) is 48.9. The molecule has 5 heterocycles. The quantitative estimate of drug-likeness (QED) is 0.0197. The maximum atomic E-state index is 14.4. The first-order chi connectivity index (χ1) is 39.4. The first-order valence-corrected chi connectivity index (χ1v) is 28.7. The fourth-order valence-electron chi connectivity index (χ4n) is 10.2. The molecule has 7 amide bonds. The number of hydrogen-bond donors (Lipinski definition) is 3. The molecule has 4 aromatic rings. The molecule has 19 nitrogen and oxygen atoms in total. The highest BCUT2D eigenvalue weighted by atomic mass is 127. The Morgan fingerprint density at radius 3 is 2.01 bits per heavy atom. The van der Waals surface area contributed by atoms with Gasteiger partial charge in [0, 0.05) is 80.6 Å². The molecule has 0 bridgehead atoms. The molecule has 0 aromatic heterocycles. The van der Waals surface area contributed by atoms with Gasteiger partial charge in [-0.25, -0.2) is 0 Å². The van der Waals surface area contributed by atoms with E-state index < -0.39 is 27.4 Å². The van der Waals surface area contributed by atoms with Crippen LogP contribution < -0.4 is 34.9 Å². The van der Waals surface area contributed by atoms with Gasteiger partial charge in [0.05, 0.1) is 56.0 Å². The summed E-state index contributed by atoms with van der Waals surface area (Å²) in [5.41, 5.74) is 7.23. The molecule has 3 N–H and O–H groups in total. The Balaban J connectivity index is 0.739. The highest BCUT2D eigenvalue weighted by molar-refractivity contribution is 14.1. The summed E-state index contributed by atoms with van der Waals surface area (Å²) in [6.07, 6.45) is 14.9. The van der Waals surface area contributed by atoms with Crippen molar-refractivity contribution >= 4 is 105 Å². The van der Waals surface area contributed by atoms with Gasteiger partial charge in [-0.05, 0) is 121 Å². The number of aliphatic imine (C=N–C) groups is 2. The predicted molar refractivity (Wildman–Crippen MR) is 320 cm³/mol. The van der Waals surface area contributed by atoms with E-state index in [1.165, 1.54) is 29.7 Å². The number of methoxy groups -OCH3 is 2. The van der Waals surface area contributed by atoms with E-state index in [4.69, 9.17) is 28.9 Å². The zero-order valence-electron chi connectivity index (χ0n) is 46.8. The maximum absolute atomic E-state index is 14.4. The molecule has 20 heteroatoms. The molecule has 428 valence electrons. The van der Waals surface area contributed by atoms with Crippen molar-refractivity contribution in [3.8, 4) is 23.0 Å². The van der Waals surface area contributed by atoms with Gasteiger partial charge in [-0.1, -0.05) is 62.2 Å². The number of nitrogens with one attached hydrogen (secondary N) is 3. The number of ether oxygens (including phenoxy) is 4. The Morgan fingerprint density at radius 1 is 0.707 bits per heavy atom. The number of alkyl halides is 1. The lowest BCUT2D eigenvalue weighted by atomic mass is 10.0. The number of nitrogens with zero attached hydrogens (tertiary/aromatic N) is 5. The monoisotopic (exact) mass is 1230 g/mol. The van der Waals surface area contributed by atoms with Gasteiger partial charge in [-0.3, -0.25) is 53.3 Å². The lowest BCUT2D eigenvalue weighted by Crippen LogP contribution is -2.53. The molecule has 5 aliphatic rings. The number of aryl methyl sites for hydroxylation is 1. The summed E-state index contributed by atoms with van der Waals surface area (Å²) in [5, 5.41) is 8.42. The van der Waals surface area contributed by atoms with Crippen LogP contribution in [0.25, 0.3) is 11.1 Å². The minimum absolute atomic E-state index is 0.142. The Kier molecular flexibility index (Phi) is 18.4. The van der Waals surface area contributed by atoms with Crippen molar-refractivity contribution in [1.82, 2.24) is 25.3 Å². The van der Waals surface area contributed by atoms with Crippen molar-refractivity contribution in [2.45, 2.75) is 107 Å². The van der Waals surface area contributed by atoms with E-state index in [1.54, 1.807) is 86.5 Å². The highest BCUT2D eigenvalue weighted by Crippen LogP contribution is 2.47. The number of imide groups is 1. The van der Waals surface area contributed by atoms with Crippen LogP contribution in [0.15, 0.2) is 107 Å². The minimum Gasteiger partial charge on any atom is -0.493 e. The van der Waals surface area contributed by atoms with E-state index >= 15 is 0 Å². The Hall–Kier alpha value is -8.14. The van der Waals surface area contributed by atoms with Gasteiger partial charge in [-0.2, -0.15) is 0 Å². The second-order valence-electron chi connectivity index (χ2n) is 21.2. The Morgan fingerprint density at radius 2 is 1.35 bits per heavy atom. The van der Waals surface area contributed by atoms with E-state index in [0.717, 1.165) is 35.1 Å². The molecule has 0 saturated heterocycles. The van der Waals surface area contributed by atoms with Crippen molar-refractivity contribution in [3.63, 3.8) is 0 Å². The highest BCUT2D eigenvalue weighted by Gasteiger charge is 2.44. The second kappa shape index (κ2) is 25.8. The van der Waals surface area contributed by atoms with Crippen LogP contribution in [0.5, 0.6) is 23.0 Å². The van der Waals surface area contributed by atoms with E-state index in [2.05, 4.69) is 69.7 Å². The number of anilines is 1. The summed E-state index contributed by atoms with van der Waals surface area (Å²) in [6.45, 7) is 8.28. The number of hydrogen-bond acceptors (Lipinski definition) is 13. The third kappa shape index (κ3) is 13.3. The summed E-state index contributed by atoms with van der Waals surface area (Å²) in [5.74, 6) is -0.830. The average molecular weight is 1230 g/mol. The van der Waals surface area contributed by atoms with E-state index in [1.807, 2.05) is 24.5 Å². The molecular formula is C62H67IN8O11. The summed E-state index contributed by atoms with van der Waals surface area (Å²) in [6, 6.07) is 20.4. The predicted octanol–water partition coefficient (Wildman–Crippen LogP) is 9.42. The third-order valence-corrected chi connectivity index (χ3v) is 16.1. The Labute approximate surface area is 490 Å². The Bertz CT molecular complexity index is 3320. The molecule has 0 spiro atoms. The van der Waals surface area contributed by atoms with Crippen molar-refractivity contribution < 1.29 is 52.5 Å². The molecule has 0 saturated carbocycles. The molecule has 4 atom stereocenters. The zero-order chi connectivity index (χ0) is 58.2. The number of rotatable bonds is 24. The fourth-order valence-corrected chi connectivity index (χ4v) is 11.1. The standard InChI is InChI=1S/C62H67IN8O11/c1-37(2)57(68-54(72)16-9-7-10-23-69-55(73)21-22-56(69)74)59(76)66-39(4)58(75)67-44-15-13-14-41(26-44)43-32-62(63)36-65-49-31-53(51(80-6)29-47(49)61(78)71(62)35-43)82-25-12-8-11-24-81-52-30-48-46(28-50(52)79-5)60(77)70-34-42(27-45(70)33-64-48)40-19-17-38(3)18-20-40/h13-15,17-22,26,28-31,33-37,39,45,57H,7-12,16,23-25,27,32H2,1-6H3,(H,66,76)(H,67,75)(H,68,72)/t39-,45-,57-,62?/m0/s1. The van der Waals surface area contributed by atoms with E-state index in [-0.39, 0.29) is 54.5 Å². The molecule has 9 rings (SSSR count). The number of fused-ring (bicyclic) bond motifs is 4. The second-order valence-corrected chi connectivity index (χ2v) is 23.1. The maximum Gasteiger partial charge on any atom is 0.261 e. The lowest BCUT2D eigenvalue weighted by Gasteiger charge is -2.27. The number of unbranched alkanes of at least 4 members (excludes halogenated alkanes) is 4. The smallest absolute Gasteiger partial charge is 0.261 e. The van der Waals surface area contributed by atoms with Gasteiger partial charge in [0.2, 0.25) is 17.7 Å². The molecule has 0 radical (unpaired) electrons. The molecule has 1 unspecified atom stereocenters. The van der Waals surface area contributed by atoms with E-state index in [9.17, 15) is 33.6 Å². The molecular weight excluding hydrogens is 1160 g/mol. The van der Waals surface area contributed by atoms with Gasteiger partial charge >= 0.3 is 0 Å². The van der Waals surface area contributed by atoms with Crippen LogP contribution in [-0.2, 0) is 24.0 Å². The normalized spacial score (nSPS) is 18.4. The van der Waals surface area contributed by atoms with Crippen LogP contribution in [0.4, 0.5) is 17.1 Å². The van der Waals surface area contributed by atoms with Crippen molar-refractivity contribution in [2.24, 2.45) is 15.9 Å². The van der Waals surface area contributed by atoms with Crippen LogP contribution in [0.3, 0.4) is 0 Å². The molecule has 5 aliphatic heterocycles. The largest absolute Gasteiger partial charge is 0.493 e. The summed E-state index contributed by atoms with van der Waals surface area (Å²) in [7, 11) is 3.08. The van der Waals surface area contributed by atoms with Gasteiger partial charge in [0.1, 0.15) is 15.6 Å². The summed E-state index contributed by atoms with van der Waals surface area (Å²) in [4.78, 5) is 106. The molecule has 0 fully saturated rings. The average Bonchev–Trinajstić information content (AvgIpc) is 4.17. The van der Waals surface area contributed by atoms with Crippen LogP contribution in [-0.4, -0.2) is 124 Å². The summed E-state index contributed by atoms with van der Waals surface area (Å²) < 4.78 is 23.0. The molecule has 0 aliphatic carbocycles. The van der Waals surface area contributed by atoms with Gasteiger partial charge in [-0.15, -0.1) is 0 Å². The van der Waals surface area contributed by atoms with Gasteiger partial charge in [0.15, 0.2) is 23.0 Å². The van der Waals surface area contributed by atoms with Crippen molar-refractivity contribution in [2.75, 3.05) is 39.3 Å². The topological polar surface area (TPSA) is 227 Å². The van der Waals surface area contributed by atoms with Gasteiger partial charge < -0.3 is 39.8 Å². The first kappa shape index (κ1) is 58.5. The van der Waals surface area contributed by atoms with Crippen LogP contribution in [0, 0.1) is 12.8 Å². The number of halogens is 1. The summed E-state index contributed by atoms with van der Waals surface area (Å²) >= 11 is 2.24. The first-order valence-electron chi connectivity index (χ1n) is 27.6. The van der Waals surface area contributed by atoms with E-state index in [0.29, 0.717) is 103 Å². The van der Waals surface area contributed by atoms with Crippen LogP contribution >= 0.6 is 22.6 Å². The SMILES string of the molecule is COc1cc2c(cc1OCCCCCOc1cc3c(cc1OC)C(=O)N1C=C(c4cccc(NC(=O)[C@H](C)NC(=O)[C@@H](NC(=O)CCCCCN5C(=O)C=CC5=O)C(C)C)c4)CC1(I)C=N3)N=C[C@@H]1CC(c3ccc(C)cc3)=CN1C2=O. The minimum atomic E-state index is -0.949. The van der Waals surface area contributed by atoms with Gasteiger partial charge in [0.25, 0.3) is 23.6 Å². The number of benzene rings is 4. The van der Waals surface area contributed by atoms with Crippen molar-refractivity contribution in [3.05, 3.63) is 125 Å². The number of carbonyl (C=O) groups excluding carboxylic acids is 7. The molecule has 82 heavy (non-hydrogen) atoms. The molecule has 4 aromatic carbocycles. The fraction of sp³-hybridized carbons (Fsp3) is 0.371. The number of carbonyl (C=O) groups is 7. The lowest BCUT2D eigenvalue weighted by molar-refractivity contribution is -0.137. The van der Waals surface area contributed by atoms with Crippen LogP contribution in [0.1, 0.15) is 116 Å². The number of amides is 7. The third-order valence-electron chi connectivity index (χ3n) is 14.9. The van der Waals surface area contributed by atoms with Crippen molar-refractivity contribution in [1.29, 1.82) is 0 Å².